The summed E-state index contributed by atoms with van der Waals surface area (Å²) in [6.45, 7) is 18.2. The summed E-state index contributed by atoms with van der Waals surface area (Å²) < 4.78 is 0. The molecule has 0 unspecified atom stereocenters. The van der Waals surface area contributed by atoms with Crippen molar-refractivity contribution in [1.82, 2.24) is 14.7 Å². The molecule has 2 heterocycles. The smallest absolute Gasteiger partial charge is 0.0113 e. The van der Waals surface area contributed by atoms with E-state index in [0.29, 0.717) is 0 Å². The predicted octanol–water partition coefficient (Wildman–Crippen LogP) is 4.47. The van der Waals surface area contributed by atoms with Gasteiger partial charge in [0.05, 0.1) is 0 Å². The molecule has 0 aromatic carbocycles. The summed E-state index contributed by atoms with van der Waals surface area (Å²) in [5.41, 5.74) is 0. The largest absolute Gasteiger partial charge is 0.301 e. The minimum absolute atomic E-state index is 0.736. The van der Waals surface area contributed by atoms with Gasteiger partial charge in [-0.2, -0.15) is 0 Å². The van der Waals surface area contributed by atoms with Crippen LogP contribution in [0.3, 0.4) is 0 Å². The Morgan fingerprint density at radius 2 is 1.32 bits per heavy atom. The van der Waals surface area contributed by atoms with E-state index in [1.165, 1.54) is 97.2 Å². The van der Waals surface area contributed by atoms with Crippen LogP contribution in [0.5, 0.6) is 0 Å². The van der Waals surface area contributed by atoms with E-state index in [0.717, 1.165) is 18.0 Å². The number of likely N-dealkylation sites (tertiary alicyclic amines) is 1. The zero-order chi connectivity index (χ0) is 18.1. The Balaban J connectivity index is 0.000000701. The van der Waals surface area contributed by atoms with E-state index < -0.39 is 0 Å². The summed E-state index contributed by atoms with van der Waals surface area (Å²) in [4.78, 5) is 8.21. The fraction of sp³-hybridized carbons (Fsp3) is 1.00. The minimum atomic E-state index is 0.736. The Labute approximate surface area is 158 Å². The van der Waals surface area contributed by atoms with Crippen LogP contribution in [0.15, 0.2) is 0 Å². The molecule has 0 radical (unpaired) electrons. The summed E-state index contributed by atoms with van der Waals surface area (Å²) >= 11 is 0. The maximum absolute atomic E-state index is 2.80. The van der Waals surface area contributed by atoms with E-state index in [2.05, 4.69) is 42.4 Å². The van der Waals surface area contributed by atoms with Crippen molar-refractivity contribution in [3.05, 3.63) is 0 Å². The minimum Gasteiger partial charge on any atom is -0.301 e. The quantitative estimate of drug-likeness (QED) is 0.740. The lowest BCUT2D eigenvalue weighted by atomic mass is 9.93. The van der Waals surface area contributed by atoms with Crippen molar-refractivity contribution in [3.63, 3.8) is 0 Å². The zero-order valence-corrected chi connectivity index (χ0v) is 17.7. The van der Waals surface area contributed by atoms with Gasteiger partial charge in [0.15, 0.2) is 0 Å². The lowest BCUT2D eigenvalue weighted by Crippen LogP contribution is -2.52. The molecule has 1 aliphatic carbocycles. The standard InChI is InChI=1S/C19H37N3.C3H8/c1-17(2)21-10-8-18(9-11-21)16-20-12-14-22(15-13-20)19-6-4-3-5-7-19;1-3-2/h17-19H,3-16H2,1-2H3;3H2,1-2H3. The van der Waals surface area contributed by atoms with Crippen LogP contribution < -0.4 is 0 Å². The molecule has 148 valence electrons. The average Bonchev–Trinajstić information content (AvgIpc) is 2.64. The molecule has 3 aliphatic rings. The highest BCUT2D eigenvalue weighted by Gasteiger charge is 2.27. The van der Waals surface area contributed by atoms with E-state index in [-0.39, 0.29) is 0 Å². The molecule has 3 fully saturated rings. The number of hydrogen-bond donors (Lipinski definition) is 0. The van der Waals surface area contributed by atoms with Crippen LogP contribution in [0.2, 0.25) is 0 Å². The molecular weight excluding hydrogens is 306 g/mol. The van der Waals surface area contributed by atoms with Crippen LogP contribution in [-0.2, 0) is 0 Å². The van der Waals surface area contributed by atoms with Gasteiger partial charge >= 0.3 is 0 Å². The van der Waals surface area contributed by atoms with Crippen molar-refractivity contribution < 1.29 is 0 Å². The second-order valence-electron chi connectivity index (χ2n) is 8.91. The van der Waals surface area contributed by atoms with Crippen molar-refractivity contribution in [2.45, 2.75) is 91.1 Å². The highest BCUT2D eigenvalue weighted by Crippen LogP contribution is 2.25. The number of piperazine rings is 1. The normalized spacial score (nSPS) is 25.8. The molecule has 0 amide bonds. The fourth-order valence-electron chi connectivity index (χ4n) is 4.77. The summed E-state index contributed by atoms with van der Waals surface area (Å²) in [6.07, 6.45) is 11.4. The highest BCUT2D eigenvalue weighted by atomic mass is 15.3. The third-order valence-corrected chi connectivity index (χ3v) is 6.39. The van der Waals surface area contributed by atoms with E-state index in [9.17, 15) is 0 Å². The summed E-state index contributed by atoms with van der Waals surface area (Å²) in [7, 11) is 0. The van der Waals surface area contributed by atoms with Gasteiger partial charge in [-0.3, -0.25) is 4.90 Å². The first-order valence-corrected chi connectivity index (χ1v) is 11.3. The molecule has 0 aromatic rings. The van der Waals surface area contributed by atoms with Gasteiger partial charge in [-0.05, 0) is 58.5 Å². The van der Waals surface area contributed by atoms with Crippen molar-refractivity contribution in [2.24, 2.45) is 5.92 Å². The maximum Gasteiger partial charge on any atom is 0.0113 e. The van der Waals surface area contributed by atoms with Gasteiger partial charge in [0.1, 0.15) is 0 Å². The van der Waals surface area contributed by atoms with Crippen LogP contribution in [0.1, 0.15) is 79.1 Å². The molecule has 0 bridgehead atoms. The SMILES string of the molecule is CC(C)N1CCC(CN2CCN(C3CCCCC3)CC2)CC1.CCC. The first-order chi connectivity index (χ1) is 12.1. The van der Waals surface area contributed by atoms with Crippen LogP contribution in [0.25, 0.3) is 0 Å². The summed E-state index contributed by atoms with van der Waals surface area (Å²) in [5, 5.41) is 0. The number of piperidine rings is 1. The van der Waals surface area contributed by atoms with Crippen LogP contribution in [-0.4, -0.2) is 72.6 Å². The van der Waals surface area contributed by atoms with Gasteiger partial charge in [-0.15, -0.1) is 0 Å². The number of hydrogen-bond acceptors (Lipinski definition) is 3. The first kappa shape index (κ1) is 21.2. The predicted molar refractivity (Wildman–Crippen MR) is 110 cm³/mol. The third kappa shape index (κ3) is 7.19. The van der Waals surface area contributed by atoms with Crippen LogP contribution in [0.4, 0.5) is 0 Å². The molecule has 2 aliphatic heterocycles. The second kappa shape index (κ2) is 11.6. The molecule has 0 N–H and O–H groups in total. The molecule has 3 heteroatoms. The average molecular weight is 352 g/mol. The fourth-order valence-corrected chi connectivity index (χ4v) is 4.77. The van der Waals surface area contributed by atoms with Gasteiger partial charge in [0.25, 0.3) is 0 Å². The molecule has 25 heavy (non-hydrogen) atoms. The van der Waals surface area contributed by atoms with Crippen molar-refractivity contribution >= 4 is 0 Å². The number of nitrogens with zero attached hydrogens (tertiary/aromatic N) is 3. The van der Waals surface area contributed by atoms with E-state index in [4.69, 9.17) is 0 Å². The topological polar surface area (TPSA) is 9.72 Å². The Morgan fingerprint density at radius 1 is 0.760 bits per heavy atom. The van der Waals surface area contributed by atoms with Gasteiger partial charge in [0.2, 0.25) is 0 Å². The lowest BCUT2D eigenvalue weighted by Gasteiger charge is -2.42. The first-order valence-electron chi connectivity index (χ1n) is 11.3. The second-order valence-corrected chi connectivity index (χ2v) is 8.91. The van der Waals surface area contributed by atoms with Gasteiger partial charge < -0.3 is 9.80 Å². The zero-order valence-electron chi connectivity index (χ0n) is 17.7. The molecule has 0 spiro atoms. The van der Waals surface area contributed by atoms with Crippen molar-refractivity contribution in [1.29, 1.82) is 0 Å². The van der Waals surface area contributed by atoms with Gasteiger partial charge in [0, 0.05) is 44.8 Å². The maximum atomic E-state index is 2.80. The van der Waals surface area contributed by atoms with Gasteiger partial charge in [-0.1, -0.05) is 39.5 Å². The van der Waals surface area contributed by atoms with Gasteiger partial charge in [-0.25, -0.2) is 0 Å². The Bertz CT molecular complexity index is 322. The van der Waals surface area contributed by atoms with E-state index >= 15 is 0 Å². The van der Waals surface area contributed by atoms with Crippen LogP contribution >= 0.6 is 0 Å². The Morgan fingerprint density at radius 3 is 1.84 bits per heavy atom. The molecular formula is C22H45N3. The molecule has 0 aromatic heterocycles. The molecule has 0 atom stereocenters. The van der Waals surface area contributed by atoms with Crippen molar-refractivity contribution in [2.75, 3.05) is 45.8 Å². The molecule has 3 nitrogen and oxygen atoms in total. The molecule has 3 rings (SSSR count). The van der Waals surface area contributed by atoms with E-state index in [1.807, 2.05) is 0 Å². The van der Waals surface area contributed by atoms with E-state index in [1.54, 1.807) is 0 Å². The summed E-state index contributed by atoms with van der Waals surface area (Å²) in [5.74, 6) is 0.955. The molecule has 2 saturated heterocycles. The highest BCUT2D eigenvalue weighted by molar-refractivity contribution is 4.83. The van der Waals surface area contributed by atoms with Crippen LogP contribution in [0, 0.1) is 5.92 Å². The summed E-state index contributed by atoms with van der Waals surface area (Å²) in [6, 6.07) is 1.66. The lowest BCUT2D eigenvalue weighted by molar-refractivity contribution is 0.0586. The van der Waals surface area contributed by atoms with Crippen molar-refractivity contribution in [3.8, 4) is 0 Å². The number of rotatable bonds is 4. The Hall–Kier alpha value is -0.120. The monoisotopic (exact) mass is 351 g/mol. The third-order valence-electron chi connectivity index (χ3n) is 6.39. The molecule has 1 saturated carbocycles. The Kier molecular flexibility index (Phi) is 9.80.